The lowest BCUT2D eigenvalue weighted by Crippen LogP contribution is -1.97. The number of benzene rings is 2. The highest BCUT2D eigenvalue weighted by Gasteiger charge is 2.05. The molecule has 4 heteroatoms. The Morgan fingerprint density at radius 2 is 1.95 bits per heavy atom. The maximum Gasteiger partial charge on any atom is 0.130 e. The monoisotopic (exact) mass is 284 g/mol. The zero-order chi connectivity index (χ0) is 13.9. The van der Waals surface area contributed by atoms with Crippen LogP contribution in [0.3, 0.4) is 0 Å². The van der Waals surface area contributed by atoms with E-state index in [1.54, 1.807) is 6.20 Å². The lowest BCUT2D eigenvalue weighted by molar-refractivity contribution is 0.310. The van der Waals surface area contributed by atoms with Crippen LogP contribution in [0.2, 0.25) is 5.02 Å². The van der Waals surface area contributed by atoms with Crippen molar-refractivity contribution in [2.24, 2.45) is 0 Å². The standard InChI is InChI=1S/C16H13ClN2O/c17-12-4-1-3-11(9-12)10-20-15-7-8-19-16-13(15)5-2-6-14(16)18/h1-9H,10,18H2. The SMILES string of the molecule is Nc1cccc2c(OCc3cccc(Cl)c3)ccnc12. The van der Waals surface area contributed by atoms with Gasteiger partial charge in [-0.2, -0.15) is 0 Å². The number of rotatable bonds is 3. The van der Waals surface area contributed by atoms with E-state index in [1.165, 1.54) is 0 Å². The Morgan fingerprint density at radius 3 is 2.80 bits per heavy atom. The molecule has 2 aromatic carbocycles. The van der Waals surface area contributed by atoms with Gasteiger partial charge in [0.05, 0.1) is 11.2 Å². The molecule has 100 valence electrons. The summed E-state index contributed by atoms with van der Waals surface area (Å²) >= 11 is 5.96. The molecule has 0 spiro atoms. The van der Waals surface area contributed by atoms with E-state index in [9.17, 15) is 0 Å². The van der Waals surface area contributed by atoms with Crippen LogP contribution in [-0.4, -0.2) is 4.98 Å². The van der Waals surface area contributed by atoms with Crippen LogP contribution in [0.25, 0.3) is 10.9 Å². The lowest BCUT2D eigenvalue weighted by atomic mass is 10.2. The summed E-state index contributed by atoms with van der Waals surface area (Å²) in [4.78, 5) is 4.28. The number of nitrogens with two attached hydrogens (primary N) is 1. The highest BCUT2D eigenvalue weighted by Crippen LogP contribution is 2.28. The first kappa shape index (κ1) is 12.8. The molecule has 20 heavy (non-hydrogen) atoms. The summed E-state index contributed by atoms with van der Waals surface area (Å²) in [7, 11) is 0. The second kappa shape index (κ2) is 5.39. The largest absolute Gasteiger partial charge is 0.488 e. The topological polar surface area (TPSA) is 48.1 Å². The Bertz CT molecular complexity index is 758. The van der Waals surface area contributed by atoms with Gasteiger partial charge in [-0.25, -0.2) is 0 Å². The number of pyridine rings is 1. The van der Waals surface area contributed by atoms with E-state index in [-0.39, 0.29) is 0 Å². The Hall–Kier alpha value is -2.26. The summed E-state index contributed by atoms with van der Waals surface area (Å²) < 4.78 is 5.86. The molecule has 0 unspecified atom stereocenters. The third kappa shape index (κ3) is 2.53. The minimum absolute atomic E-state index is 0.453. The average molecular weight is 285 g/mol. The molecule has 3 nitrogen and oxygen atoms in total. The molecule has 1 heterocycles. The minimum atomic E-state index is 0.453. The van der Waals surface area contributed by atoms with Crippen molar-refractivity contribution in [1.82, 2.24) is 4.98 Å². The second-order valence-electron chi connectivity index (χ2n) is 4.47. The van der Waals surface area contributed by atoms with Gasteiger partial charge in [0.25, 0.3) is 0 Å². The second-order valence-corrected chi connectivity index (χ2v) is 4.91. The van der Waals surface area contributed by atoms with Crippen molar-refractivity contribution in [3.05, 3.63) is 65.3 Å². The van der Waals surface area contributed by atoms with Gasteiger partial charge in [-0.3, -0.25) is 4.98 Å². The summed E-state index contributed by atoms with van der Waals surface area (Å²) in [6.07, 6.45) is 1.70. The number of para-hydroxylation sites is 1. The van der Waals surface area contributed by atoms with E-state index in [2.05, 4.69) is 4.98 Å². The summed E-state index contributed by atoms with van der Waals surface area (Å²) in [5.74, 6) is 0.766. The number of nitrogen functional groups attached to an aromatic ring is 1. The van der Waals surface area contributed by atoms with Crippen molar-refractivity contribution in [2.45, 2.75) is 6.61 Å². The number of fused-ring (bicyclic) bond motifs is 1. The third-order valence-electron chi connectivity index (χ3n) is 3.05. The number of nitrogens with zero attached hydrogens (tertiary/aromatic N) is 1. The number of hydrogen-bond donors (Lipinski definition) is 1. The highest BCUT2D eigenvalue weighted by molar-refractivity contribution is 6.30. The zero-order valence-electron chi connectivity index (χ0n) is 10.7. The Balaban J connectivity index is 1.90. The number of anilines is 1. The van der Waals surface area contributed by atoms with Crippen molar-refractivity contribution in [2.75, 3.05) is 5.73 Å². The van der Waals surface area contributed by atoms with Gasteiger partial charge in [0.15, 0.2) is 0 Å². The first-order chi connectivity index (χ1) is 9.74. The predicted octanol–water partition coefficient (Wildman–Crippen LogP) is 4.05. The molecule has 0 bridgehead atoms. The van der Waals surface area contributed by atoms with Crippen molar-refractivity contribution < 1.29 is 4.74 Å². The molecule has 0 aliphatic carbocycles. The number of aromatic nitrogens is 1. The Labute approximate surface area is 122 Å². The maximum atomic E-state index is 5.96. The summed E-state index contributed by atoms with van der Waals surface area (Å²) in [5, 5.41) is 1.62. The van der Waals surface area contributed by atoms with Gasteiger partial charge < -0.3 is 10.5 Å². The van der Waals surface area contributed by atoms with Gasteiger partial charge in [0.2, 0.25) is 0 Å². The summed E-state index contributed by atoms with van der Waals surface area (Å²) in [5.41, 5.74) is 8.35. The number of halogens is 1. The lowest BCUT2D eigenvalue weighted by Gasteiger charge is -2.10. The van der Waals surface area contributed by atoms with E-state index in [0.717, 1.165) is 22.2 Å². The normalized spacial score (nSPS) is 10.7. The van der Waals surface area contributed by atoms with Gasteiger partial charge in [0, 0.05) is 16.6 Å². The zero-order valence-corrected chi connectivity index (χ0v) is 11.5. The number of ether oxygens (including phenoxy) is 1. The fourth-order valence-electron chi connectivity index (χ4n) is 2.09. The fourth-order valence-corrected chi connectivity index (χ4v) is 2.30. The first-order valence-electron chi connectivity index (χ1n) is 6.24. The molecule has 3 rings (SSSR count). The van der Waals surface area contributed by atoms with E-state index >= 15 is 0 Å². The molecule has 1 aromatic heterocycles. The van der Waals surface area contributed by atoms with Gasteiger partial charge >= 0.3 is 0 Å². The average Bonchev–Trinajstić information content (AvgIpc) is 2.46. The van der Waals surface area contributed by atoms with Crippen LogP contribution >= 0.6 is 11.6 Å². The van der Waals surface area contributed by atoms with Crippen LogP contribution in [0.5, 0.6) is 5.75 Å². The molecule has 0 fully saturated rings. The molecule has 0 aliphatic rings. The van der Waals surface area contributed by atoms with Gasteiger partial charge in [-0.05, 0) is 35.9 Å². The Kier molecular flexibility index (Phi) is 3.44. The first-order valence-corrected chi connectivity index (χ1v) is 6.62. The van der Waals surface area contributed by atoms with E-state index in [4.69, 9.17) is 22.1 Å². The van der Waals surface area contributed by atoms with E-state index in [1.807, 2.05) is 48.5 Å². The van der Waals surface area contributed by atoms with E-state index in [0.29, 0.717) is 17.3 Å². The van der Waals surface area contributed by atoms with Crippen LogP contribution in [0, 0.1) is 0 Å². The van der Waals surface area contributed by atoms with Crippen LogP contribution in [0.4, 0.5) is 5.69 Å². The molecule has 0 saturated carbocycles. The molecule has 2 N–H and O–H groups in total. The number of hydrogen-bond acceptors (Lipinski definition) is 3. The summed E-state index contributed by atoms with van der Waals surface area (Å²) in [6.45, 7) is 0.453. The minimum Gasteiger partial charge on any atom is -0.488 e. The fraction of sp³-hybridized carbons (Fsp3) is 0.0625. The van der Waals surface area contributed by atoms with Gasteiger partial charge in [-0.1, -0.05) is 29.8 Å². The highest BCUT2D eigenvalue weighted by atomic mass is 35.5. The van der Waals surface area contributed by atoms with Gasteiger partial charge in [0.1, 0.15) is 12.4 Å². The molecular weight excluding hydrogens is 272 g/mol. The molecule has 0 amide bonds. The van der Waals surface area contributed by atoms with Crippen LogP contribution in [-0.2, 0) is 6.61 Å². The van der Waals surface area contributed by atoms with Crippen molar-refractivity contribution in [3.8, 4) is 5.75 Å². The predicted molar refractivity (Wildman–Crippen MR) is 81.9 cm³/mol. The quantitative estimate of drug-likeness (QED) is 0.738. The summed E-state index contributed by atoms with van der Waals surface area (Å²) in [6, 6.07) is 15.1. The van der Waals surface area contributed by atoms with Crippen LogP contribution in [0.1, 0.15) is 5.56 Å². The molecule has 0 saturated heterocycles. The molecule has 3 aromatic rings. The smallest absolute Gasteiger partial charge is 0.130 e. The van der Waals surface area contributed by atoms with Gasteiger partial charge in [-0.15, -0.1) is 0 Å². The molecular formula is C16H13ClN2O. The maximum absolute atomic E-state index is 5.96. The van der Waals surface area contributed by atoms with Crippen LogP contribution < -0.4 is 10.5 Å². The Morgan fingerprint density at radius 1 is 1.10 bits per heavy atom. The van der Waals surface area contributed by atoms with Crippen molar-refractivity contribution >= 4 is 28.2 Å². The van der Waals surface area contributed by atoms with Crippen molar-refractivity contribution in [1.29, 1.82) is 0 Å². The molecule has 0 radical (unpaired) electrons. The van der Waals surface area contributed by atoms with E-state index < -0.39 is 0 Å². The third-order valence-corrected chi connectivity index (χ3v) is 3.28. The van der Waals surface area contributed by atoms with Crippen molar-refractivity contribution in [3.63, 3.8) is 0 Å². The van der Waals surface area contributed by atoms with Crippen LogP contribution in [0.15, 0.2) is 54.7 Å². The molecule has 0 aliphatic heterocycles. The molecule has 0 atom stereocenters.